The van der Waals surface area contributed by atoms with Gasteiger partial charge < -0.3 is 9.84 Å². The van der Waals surface area contributed by atoms with Crippen LogP contribution in [0.3, 0.4) is 0 Å². The topological polar surface area (TPSA) is 32.7 Å². The largest absolute Gasteiger partial charge is 0.396 e. The minimum atomic E-state index is 0.169. The van der Waals surface area contributed by atoms with E-state index in [1.54, 1.807) is 0 Å². The van der Waals surface area contributed by atoms with E-state index in [-0.39, 0.29) is 5.41 Å². The first-order valence-electron chi connectivity index (χ1n) is 7.18. The van der Waals surface area contributed by atoms with Crippen molar-refractivity contribution in [3.63, 3.8) is 0 Å². The highest BCUT2D eigenvalue weighted by Gasteiger charge is 2.34. The summed E-state index contributed by atoms with van der Waals surface area (Å²) in [7, 11) is 0. The molecular formula is C14H27NO2. The molecule has 1 atom stereocenters. The van der Waals surface area contributed by atoms with Crippen molar-refractivity contribution in [2.75, 3.05) is 32.9 Å². The number of aliphatic hydroxyl groups is 1. The smallest absolute Gasteiger partial charge is 0.0619 e. The van der Waals surface area contributed by atoms with Crippen LogP contribution in [0.4, 0.5) is 0 Å². The maximum Gasteiger partial charge on any atom is 0.0619 e. The van der Waals surface area contributed by atoms with Gasteiger partial charge in [-0.05, 0) is 19.8 Å². The summed E-state index contributed by atoms with van der Waals surface area (Å²) in [6, 6.07) is 0.510. The van der Waals surface area contributed by atoms with Gasteiger partial charge in [-0.1, -0.05) is 25.7 Å². The first-order chi connectivity index (χ1) is 8.26. The molecular weight excluding hydrogens is 214 g/mol. The van der Waals surface area contributed by atoms with Crippen LogP contribution in [0.25, 0.3) is 0 Å². The van der Waals surface area contributed by atoms with Gasteiger partial charge in [0.25, 0.3) is 0 Å². The molecule has 0 amide bonds. The summed E-state index contributed by atoms with van der Waals surface area (Å²) in [5, 5.41) is 9.83. The third-order valence-electron chi connectivity index (χ3n) is 4.54. The minimum absolute atomic E-state index is 0.169. The van der Waals surface area contributed by atoms with Crippen LogP contribution in [-0.2, 0) is 4.74 Å². The third-order valence-corrected chi connectivity index (χ3v) is 4.54. The standard InChI is InChI=1S/C14H27NO2/c1-13-10-17-9-8-15(13)11-14(12-16)6-4-2-3-5-7-14/h13,16H,2-12H2,1H3. The van der Waals surface area contributed by atoms with Crippen LogP contribution in [0.15, 0.2) is 0 Å². The molecule has 3 nitrogen and oxygen atoms in total. The van der Waals surface area contributed by atoms with Crippen molar-refractivity contribution in [3.05, 3.63) is 0 Å². The number of rotatable bonds is 3. The summed E-state index contributed by atoms with van der Waals surface area (Å²) in [5.74, 6) is 0. The number of hydrogen-bond acceptors (Lipinski definition) is 3. The highest BCUT2D eigenvalue weighted by atomic mass is 16.5. The number of ether oxygens (including phenoxy) is 1. The van der Waals surface area contributed by atoms with Crippen LogP contribution < -0.4 is 0 Å². The third kappa shape index (κ3) is 3.43. The lowest BCUT2D eigenvalue weighted by atomic mass is 9.80. The average Bonchev–Trinajstić information content (AvgIpc) is 2.58. The van der Waals surface area contributed by atoms with E-state index in [0.29, 0.717) is 12.6 Å². The average molecular weight is 241 g/mol. The van der Waals surface area contributed by atoms with Gasteiger partial charge in [0.2, 0.25) is 0 Å². The van der Waals surface area contributed by atoms with Gasteiger partial charge in [-0.15, -0.1) is 0 Å². The van der Waals surface area contributed by atoms with E-state index < -0.39 is 0 Å². The van der Waals surface area contributed by atoms with E-state index in [0.717, 1.165) is 26.3 Å². The molecule has 1 aliphatic carbocycles. The molecule has 2 aliphatic rings. The zero-order valence-corrected chi connectivity index (χ0v) is 11.2. The Hall–Kier alpha value is -0.120. The van der Waals surface area contributed by atoms with Gasteiger partial charge in [0, 0.05) is 31.2 Å². The summed E-state index contributed by atoms with van der Waals surface area (Å²) in [4.78, 5) is 2.52. The molecule has 1 unspecified atom stereocenters. The lowest BCUT2D eigenvalue weighted by Crippen LogP contribution is -2.49. The predicted molar refractivity (Wildman–Crippen MR) is 69.1 cm³/mol. The number of aliphatic hydroxyl groups excluding tert-OH is 1. The van der Waals surface area contributed by atoms with Gasteiger partial charge in [-0.25, -0.2) is 0 Å². The van der Waals surface area contributed by atoms with E-state index in [2.05, 4.69) is 11.8 Å². The van der Waals surface area contributed by atoms with E-state index in [9.17, 15) is 5.11 Å². The maximum absolute atomic E-state index is 9.83. The van der Waals surface area contributed by atoms with Gasteiger partial charge in [0.05, 0.1) is 13.2 Å². The van der Waals surface area contributed by atoms with Crippen LogP contribution >= 0.6 is 0 Å². The van der Waals surface area contributed by atoms with E-state index in [4.69, 9.17) is 4.74 Å². The second kappa shape index (κ2) is 6.17. The number of hydrogen-bond donors (Lipinski definition) is 1. The monoisotopic (exact) mass is 241 g/mol. The molecule has 0 aromatic rings. The molecule has 1 saturated heterocycles. The van der Waals surface area contributed by atoms with Crippen LogP contribution in [0.2, 0.25) is 0 Å². The number of morpholine rings is 1. The first kappa shape index (κ1) is 13.3. The van der Waals surface area contributed by atoms with E-state index in [1.165, 1.54) is 38.5 Å². The molecule has 2 rings (SSSR count). The van der Waals surface area contributed by atoms with Crippen LogP contribution in [0, 0.1) is 5.41 Å². The van der Waals surface area contributed by atoms with Gasteiger partial charge in [0.1, 0.15) is 0 Å². The van der Waals surface area contributed by atoms with Crippen molar-refractivity contribution < 1.29 is 9.84 Å². The fourth-order valence-corrected chi connectivity index (χ4v) is 3.27. The zero-order chi connectivity index (χ0) is 12.1. The molecule has 100 valence electrons. The molecule has 0 aromatic heterocycles. The van der Waals surface area contributed by atoms with E-state index >= 15 is 0 Å². The second-order valence-electron chi connectivity index (χ2n) is 5.97. The van der Waals surface area contributed by atoms with Crippen molar-refractivity contribution in [1.82, 2.24) is 4.90 Å². The normalized spacial score (nSPS) is 31.1. The van der Waals surface area contributed by atoms with Crippen LogP contribution in [0.5, 0.6) is 0 Å². The van der Waals surface area contributed by atoms with Crippen molar-refractivity contribution in [2.24, 2.45) is 5.41 Å². The first-order valence-corrected chi connectivity index (χ1v) is 7.18. The predicted octanol–water partition coefficient (Wildman–Crippen LogP) is 2.04. The van der Waals surface area contributed by atoms with Crippen molar-refractivity contribution in [3.8, 4) is 0 Å². The minimum Gasteiger partial charge on any atom is -0.396 e. The highest BCUT2D eigenvalue weighted by Crippen LogP contribution is 2.36. The van der Waals surface area contributed by atoms with Gasteiger partial charge in [-0.2, -0.15) is 0 Å². The van der Waals surface area contributed by atoms with Gasteiger partial charge >= 0.3 is 0 Å². The van der Waals surface area contributed by atoms with Gasteiger partial charge in [-0.3, -0.25) is 4.90 Å². The summed E-state index contributed by atoms with van der Waals surface area (Å²) < 4.78 is 5.49. The molecule has 0 bridgehead atoms. The van der Waals surface area contributed by atoms with Crippen molar-refractivity contribution >= 4 is 0 Å². The Kier molecular flexibility index (Phi) is 4.83. The summed E-state index contributed by atoms with van der Waals surface area (Å²) in [6.45, 7) is 6.39. The number of nitrogens with zero attached hydrogens (tertiary/aromatic N) is 1. The summed E-state index contributed by atoms with van der Waals surface area (Å²) in [6.07, 6.45) is 7.68. The zero-order valence-electron chi connectivity index (χ0n) is 11.2. The fourth-order valence-electron chi connectivity index (χ4n) is 3.27. The Labute approximate surface area is 105 Å². The van der Waals surface area contributed by atoms with Gasteiger partial charge in [0.15, 0.2) is 0 Å². The second-order valence-corrected chi connectivity index (χ2v) is 5.97. The molecule has 0 aromatic carbocycles. The Morgan fingerprint density at radius 2 is 1.94 bits per heavy atom. The molecule has 0 radical (unpaired) electrons. The molecule has 1 saturated carbocycles. The maximum atomic E-state index is 9.83. The highest BCUT2D eigenvalue weighted by molar-refractivity contribution is 4.86. The molecule has 1 N–H and O–H groups in total. The fraction of sp³-hybridized carbons (Fsp3) is 1.00. The Bertz CT molecular complexity index is 224. The Balaban J connectivity index is 1.96. The molecule has 17 heavy (non-hydrogen) atoms. The SMILES string of the molecule is CC1COCCN1CC1(CO)CCCCCC1. The Morgan fingerprint density at radius 3 is 2.53 bits per heavy atom. The quantitative estimate of drug-likeness (QED) is 0.768. The van der Waals surface area contributed by atoms with Crippen LogP contribution in [0.1, 0.15) is 45.4 Å². The Morgan fingerprint density at radius 1 is 1.24 bits per heavy atom. The molecule has 2 fully saturated rings. The molecule has 1 heterocycles. The van der Waals surface area contributed by atoms with Crippen molar-refractivity contribution in [1.29, 1.82) is 0 Å². The van der Waals surface area contributed by atoms with Crippen molar-refractivity contribution in [2.45, 2.75) is 51.5 Å². The lowest BCUT2D eigenvalue weighted by molar-refractivity contribution is -0.0345. The summed E-state index contributed by atoms with van der Waals surface area (Å²) >= 11 is 0. The molecule has 0 spiro atoms. The van der Waals surface area contributed by atoms with Crippen LogP contribution in [-0.4, -0.2) is 49.0 Å². The molecule has 1 aliphatic heterocycles. The summed E-state index contributed by atoms with van der Waals surface area (Å²) in [5.41, 5.74) is 0.169. The lowest BCUT2D eigenvalue weighted by Gasteiger charge is -2.41. The molecule has 3 heteroatoms. The van der Waals surface area contributed by atoms with E-state index in [1.807, 2.05) is 0 Å².